The topological polar surface area (TPSA) is 37.8 Å². The largest absolute Gasteiger partial charge is 0.338 e. The van der Waals surface area contributed by atoms with Gasteiger partial charge in [0.1, 0.15) is 0 Å². The summed E-state index contributed by atoms with van der Waals surface area (Å²) in [6.45, 7) is 0. The Bertz CT molecular complexity index is 926. The lowest BCUT2D eigenvalue weighted by atomic mass is 10.1. The van der Waals surface area contributed by atoms with Crippen molar-refractivity contribution in [2.75, 3.05) is 5.32 Å². The Morgan fingerprint density at radius 2 is 1.48 bits per heavy atom. The van der Waals surface area contributed by atoms with Crippen LogP contribution in [0.4, 0.5) is 11.5 Å². The molecule has 100 valence electrons. The van der Waals surface area contributed by atoms with Gasteiger partial charge in [-0.25, -0.2) is 0 Å². The second-order valence-corrected chi connectivity index (χ2v) is 4.97. The Kier molecular flexibility index (Phi) is 2.75. The molecule has 0 fully saturated rings. The van der Waals surface area contributed by atoms with Crippen LogP contribution in [0.3, 0.4) is 0 Å². The molecule has 3 heteroatoms. The summed E-state index contributed by atoms with van der Waals surface area (Å²) >= 11 is 0. The van der Waals surface area contributed by atoms with E-state index in [9.17, 15) is 0 Å². The molecule has 0 amide bonds. The summed E-state index contributed by atoms with van der Waals surface area (Å²) in [7, 11) is 0. The van der Waals surface area contributed by atoms with Crippen LogP contribution in [-0.2, 0) is 0 Å². The number of hydrogen-bond donors (Lipinski definition) is 1. The van der Waals surface area contributed by atoms with E-state index in [-0.39, 0.29) is 0 Å². The normalized spacial score (nSPS) is 10.9. The maximum Gasteiger partial charge on any atom is 0.160 e. The molecule has 1 aromatic heterocycles. The van der Waals surface area contributed by atoms with Gasteiger partial charge < -0.3 is 5.32 Å². The predicted octanol–water partition coefficient (Wildman–Crippen LogP) is 4.53. The minimum atomic E-state index is 0.781. The Morgan fingerprint density at radius 3 is 2.38 bits per heavy atom. The lowest BCUT2D eigenvalue weighted by Crippen LogP contribution is -1.96. The molecule has 0 aliphatic rings. The highest BCUT2D eigenvalue weighted by molar-refractivity contribution is 5.93. The van der Waals surface area contributed by atoms with Crippen LogP contribution in [0.1, 0.15) is 0 Å². The number of hydrogen-bond acceptors (Lipinski definition) is 3. The van der Waals surface area contributed by atoms with Gasteiger partial charge in [0.25, 0.3) is 0 Å². The van der Waals surface area contributed by atoms with Crippen molar-refractivity contribution in [2.24, 2.45) is 0 Å². The van der Waals surface area contributed by atoms with Crippen LogP contribution in [-0.4, -0.2) is 10.2 Å². The SMILES string of the molecule is c1ccc2cc(Nc3nncc4ccccc34)ccc2c1. The number of aromatic nitrogens is 2. The molecule has 1 N–H and O–H groups in total. The standard InChI is InChI=1S/C18H13N3/c1-2-6-14-11-16(10-9-13(14)5-1)20-18-17-8-4-3-7-15(17)12-19-21-18/h1-12H,(H,20,21). The fraction of sp³-hybridized carbons (Fsp3) is 0. The maximum atomic E-state index is 4.22. The van der Waals surface area contributed by atoms with Gasteiger partial charge in [0.2, 0.25) is 0 Å². The first-order valence-corrected chi connectivity index (χ1v) is 6.86. The van der Waals surface area contributed by atoms with Crippen molar-refractivity contribution in [3.05, 3.63) is 72.9 Å². The van der Waals surface area contributed by atoms with Gasteiger partial charge in [0, 0.05) is 16.5 Å². The van der Waals surface area contributed by atoms with Crippen LogP contribution in [0.15, 0.2) is 72.9 Å². The lowest BCUT2D eigenvalue weighted by molar-refractivity contribution is 1.05. The third-order valence-corrected chi connectivity index (χ3v) is 3.58. The van der Waals surface area contributed by atoms with Gasteiger partial charge in [-0.3, -0.25) is 0 Å². The first kappa shape index (κ1) is 11.9. The van der Waals surface area contributed by atoms with Crippen LogP contribution in [0.5, 0.6) is 0 Å². The first-order chi connectivity index (χ1) is 10.4. The highest BCUT2D eigenvalue weighted by Gasteiger charge is 2.03. The molecule has 0 aliphatic heterocycles. The average Bonchev–Trinajstić information content (AvgIpc) is 2.55. The van der Waals surface area contributed by atoms with Crippen molar-refractivity contribution in [3.63, 3.8) is 0 Å². The molecule has 3 nitrogen and oxygen atoms in total. The summed E-state index contributed by atoms with van der Waals surface area (Å²) in [5.74, 6) is 0.781. The number of benzene rings is 3. The van der Waals surface area contributed by atoms with Crippen LogP contribution in [0.25, 0.3) is 21.5 Å². The first-order valence-electron chi connectivity index (χ1n) is 6.86. The molecule has 0 saturated heterocycles. The molecule has 0 unspecified atom stereocenters. The lowest BCUT2D eigenvalue weighted by Gasteiger charge is -2.08. The minimum Gasteiger partial charge on any atom is -0.338 e. The molecule has 0 bridgehead atoms. The van der Waals surface area contributed by atoms with E-state index in [1.54, 1.807) is 6.20 Å². The summed E-state index contributed by atoms with van der Waals surface area (Å²) in [5, 5.41) is 16.2. The fourth-order valence-electron chi connectivity index (χ4n) is 2.52. The van der Waals surface area contributed by atoms with Crippen LogP contribution in [0, 0.1) is 0 Å². The number of nitrogens with zero attached hydrogens (tertiary/aromatic N) is 2. The van der Waals surface area contributed by atoms with Gasteiger partial charge in [0.05, 0.1) is 6.20 Å². The minimum absolute atomic E-state index is 0.781. The molecule has 0 aliphatic carbocycles. The molecule has 3 aromatic carbocycles. The summed E-state index contributed by atoms with van der Waals surface area (Å²) < 4.78 is 0. The zero-order valence-corrected chi connectivity index (χ0v) is 11.3. The Labute approximate surface area is 122 Å². The quantitative estimate of drug-likeness (QED) is 0.582. The van der Waals surface area contributed by atoms with Gasteiger partial charge in [-0.15, -0.1) is 5.10 Å². The van der Waals surface area contributed by atoms with E-state index in [1.165, 1.54) is 10.8 Å². The van der Waals surface area contributed by atoms with Gasteiger partial charge in [-0.1, -0.05) is 54.6 Å². The van der Waals surface area contributed by atoms with Crippen LogP contribution >= 0.6 is 0 Å². The monoisotopic (exact) mass is 271 g/mol. The van der Waals surface area contributed by atoms with E-state index in [2.05, 4.69) is 45.8 Å². The summed E-state index contributed by atoms with van der Waals surface area (Å²) in [4.78, 5) is 0. The highest BCUT2D eigenvalue weighted by Crippen LogP contribution is 2.25. The Morgan fingerprint density at radius 1 is 0.714 bits per heavy atom. The zero-order valence-electron chi connectivity index (χ0n) is 11.3. The molecule has 0 spiro atoms. The van der Waals surface area contributed by atoms with E-state index < -0.39 is 0 Å². The molecule has 4 rings (SSSR count). The van der Waals surface area contributed by atoms with Crippen molar-refractivity contribution in [1.29, 1.82) is 0 Å². The number of rotatable bonds is 2. The number of anilines is 2. The van der Waals surface area contributed by atoms with E-state index in [0.29, 0.717) is 0 Å². The van der Waals surface area contributed by atoms with Crippen LogP contribution < -0.4 is 5.32 Å². The van der Waals surface area contributed by atoms with Crippen molar-refractivity contribution in [1.82, 2.24) is 10.2 Å². The predicted molar refractivity (Wildman–Crippen MR) is 86.8 cm³/mol. The third-order valence-electron chi connectivity index (χ3n) is 3.58. The van der Waals surface area contributed by atoms with E-state index in [0.717, 1.165) is 22.3 Å². The number of fused-ring (bicyclic) bond motifs is 2. The summed E-state index contributed by atoms with van der Waals surface area (Å²) in [6.07, 6.45) is 1.78. The smallest absolute Gasteiger partial charge is 0.160 e. The molecule has 0 saturated carbocycles. The maximum absolute atomic E-state index is 4.22. The molecule has 4 aromatic rings. The van der Waals surface area contributed by atoms with Gasteiger partial charge in [-0.05, 0) is 22.9 Å². The Balaban J connectivity index is 1.79. The summed E-state index contributed by atoms with van der Waals surface area (Å²) in [6, 6.07) is 22.7. The van der Waals surface area contributed by atoms with Crippen molar-refractivity contribution < 1.29 is 0 Å². The van der Waals surface area contributed by atoms with Crippen molar-refractivity contribution >= 4 is 33.1 Å². The fourth-order valence-corrected chi connectivity index (χ4v) is 2.52. The number of nitrogens with one attached hydrogen (secondary N) is 1. The second-order valence-electron chi connectivity index (χ2n) is 4.97. The van der Waals surface area contributed by atoms with E-state index >= 15 is 0 Å². The molecule has 0 radical (unpaired) electrons. The Hall–Kier alpha value is -2.94. The van der Waals surface area contributed by atoms with Gasteiger partial charge in [-0.2, -0.15) is 5.10 Å². The van der Waals surface area contributed by atoms with Crippen LogP contribution in [0.2, 0.25) is 0 Å². The highest BCUT2D eigenvalue weighted by atomic mass is 15.2. The molecular weight excluding hydrogens is 258 g/mol. The molecule has 21 heavy (non-hydrogen) atoms. The van der Waals surface area contributed by atoms with Crippen molar-refractivity contribution in [3.8, 4) is 0 Å². The summed E-state index contributed by atoms with van der Waals surface area (Å²) in [5.41, 5.74) is 1.01. The second kappa shape index (κ2) is 4.87. The van der Waals surface area contributed by atoms with E-state index in [1.807, 2.05) is 36.4 Å². The molecule has 0 atom stereocenters. The molecular formula is C18H13N3. The van der Waals surface area contributed by atoms with Crippen molar-refractivity contribution in [2.45, 2.75) is 0 Å². The average molecular weight is 271 g/mol. The zero-order chi connectivity index (χ0) is 14.1. The molecule has 1 heterocycles. The van der Waals surface area contributed by atoms with Gasteiger partial charge in [0.15, 0.2) is 5.82 Å². The third kappa shape index (κ3) is 2.19. The van der Waals surface area contributed by atoms with Gasteiger partial charge >= 0.3 is 0 Å². The van der Waals surface area contributed by atoms with E-state index in [4.69, 9.17) is 0 Å².